The fraction of sp³-hybridized carbons (Fsp3) is 0.400. The molecule has 2 aromatic rings. The molecule has 1 saturated heterocycles. The highest BCUT2D eigenvalue weighted by molar-refractivity contribution is 6.04. The van der Waals surface area contributed by atoms with Crippen molar-refractivity contribution >= 4 is 17.4 Å². The highest BCUT2D eigenvalue weighted by atomic mass is 16.5. The van der Waals surface area contributed by atoms with Crippen LogP contribution in [0.25, 0.3) is 0 Å². The second-order valence-electron chi connectivity index (χ2n) is 6.71. The average molecular weight is 339 g/mol. The summed E-state index contributed by atoms with van der Waals surface area (Å²) in [7, 11) is 1.76. The van der Waals surface area contributed by atoms with E-state index in [4.69, 9.17) is 4.74 Å². The lowest BCUT2D eigenvalue weighted by Gasteiger charge is -2.36. The number of carbonyl (C=O) groups is 1. The van der Waals surface area contributed by atoms with Crippen LogP contribution in [0.3, 0.4) is 0 Å². The molecule has 2 heterocycles. The molecule has 1 aliphatic rings. The molecule has 132 valence electrons. The molecule has 1 aliphatic heterocycles. The molecule has 3 rings (SSSR count). The molecule has 1 fully saturated rings. The van der Waals surface area contributed by atoms with E-state index in [9.17, 15) is 4.79 Å². The van der Waals surface area contributed by atoms with Gasteiger partial charge in [-0.3, -0.25) is 4.79 Å². The molecular formula is C20H25N3O2. The van der Waals surface area contributed by atoms with E-state index in [2.05, 4.69) is 22.1 Å². The number of rotatable bonds is 4. The first-order chi connectivity index (χ1) is 12.1. The minimum absolute atomic E-state index is 0.148. The fourth-order valence-corrected chi connectivity index (χ4v) is 3.10. The molecule has 2 atom stereocenters. The zero-order valence-electron chi connectivity index (χ0n) is 15.0. The SMILES string of the molecule is COC1CN(c2ccc(C(=O)Nc3ccc(C)cc3)cn2)CCC1C. The van der Waals surface area contributed by atoms with Crippen LogP contribution in [0.5, 0.6) is 0 Å². The number of ether oxygens (including phenoxy) is 1. The molecule has 0 saturated carbocycles. The predicted molar refractivity (Wildman–Crippen MR) is 100 cm³/mol. The zero-order valence-corrected chi connectivity index (χ0v) is 15.0. The third-order valence-corrected chi connectivity index (χ3v) is 4.84. The molecule has 5 heteroatoms. The van der Waals surface area contributed by atoms with Crippen LogP contribution in [0, 0.1) is 12.8 Å². The molecule has 1 aromatic carbocycles. The number of aryl methyl sites for hydroxylation is 1. The number of hydrogen-bond donors (Lipinski definition) is 1. The van der Waals surface area contributed by atoms with Crippen molar-refractivity contribution in [3.8, 4) is 0 Å². The van der Waals surface area contributed by atoms with Gasteiger partial charge < -0.3 is 15.0 Å². The van der Waals surface area contributed by atoms with Crippen LogP contribution in [0.15, 0.2) is 42.6 Å². The Kier molecular flexibility index (Phi) is 5.34. The van der Waals surface area contributed by atoms with E-state index in [1.807, 2.05) is 43.3 Å². The highest BCUT2D eigenvalue weighted by Gasteiger charge is 2.26. The Morgan fingerprint density at radius 3 is 2.64 bits per heavy atom. The van der Waals surface area contributed by atoms with E-state index < -0.39 is 0 Å². The van der Waals surface area contributed by atoms with Crippen molar-refractivity contribution < 1.29 is 9.53 Å². The fourth-order valence-electron chi connectivity index (χ4n) is 3.10. The number of hydrogen-bond acceptors (Lipinski definition) is 4. The van der Waals surface area contributed by atoms with Crippen molar-refractivity contribution in [2.24, 2.45) is 5.92 Å². The van der Waals surface area contributed by atoms with E-state index in [-0.39, 0.29) is 12.0 Å². The molecule has 1 amide bonds. The molecule has 2 unspecified atom stereocenters. The van der Waals surface area contributed by atoms with E-state index in [1.54, 1.807) is 13.3 Å². The Labute approximate surface area is 149 Å². The first-order valence-corrected chi connectivity index (χ1v) is 8.68. The average Bonchev–Trinajstić information content (AvgIpc) is 2.64. The monoisotopic (exact) mass is 339 g/mol. The third-order valence-electron chi connectivity index (χ3n) is 4.84. The number of anilines is 2. The predicted octanol–water partition coefficient (Wildman–Crippen LogP) is 3.50. The summed E-state index contributed by atoms with van der Waals surface area (Å²) in [5, 5.41) is 2.89. The summed E-state index contributed by atoms with van der Waals surface area (Å²) in [4.78, 5) is 19.0. The Morgan fingerprint density at radius 1 is 1.24 bits per heavy atom. The molecule has 1 N–H and O–H groups in total. The van der Waals surface area contributed by atoms with Crippen LogP contribution in [-0.2, 0) is 4.74 Å². The number of aromatic nitrogens is 1. The Balaban J connectivity index is 1.65. The van der Waals surface area contributed by atoms with Gasteiger partial charge in [0.15, 0.2) is 0 Å². The highest BCUT2D eigenvalue weighted by Crippen LogP contribution is 2.23. The smallest absolute Gasteiger partial charge is 0.257 e. The number of nitrogens with zero attached hydrogens (tertiary/aromatic N) is 2. The molecule has 0 aliphatic carbocycles. The zero-order chi connectivity index (χ0) is 17.8. The maximum atomic E-state index is 12.3. The van der Waals surface area contributed by atoms with Gasteiger partial charge in [0.25, 0.3) is 5.91 Å². The molecule has 0 radical (unpaired) electrons. The van der Waals surface area contributed by atoms with Gasteiger partial charge in [-0.1, -0.05) is 24.6 Å². The summed E-state index contributed by atoms with van der Waals surface area (Å²) in [6, 6.07) is 11.5. The molecule has 1 aromatic heterocycles. The number of pyridine rings is 1. The molecule has 0 spiro atoms. The summed E-state index contributed by atoms with van der Waals surface area (Å²) in [6.07, 6.45) is 2.94. The quantitative estimate of drug-likeness (QED) is 0.926. The molecule has 25 heavy (non-hydrogen) atoms. The van der Waals surface area contributed by atoms with Gasteiger partial charge in [-0.15, -0.1) is 0 Å². The van der Waals surface area contributed by atoms with Crippen LogP contribution in [0.4, 0.5) is 11.5 Å². The van der Waals surface area contributed by atoms with Crippen LogP contribution < -0.4 is 10.2 Å². The number of amides is 1. The Bertz CT molecular complexity index is 713. The van der Waals surface area contributed by atoms with Crippen molar-refractivity contribution in [3.63, 3.8) is 0 Å². The molecular weight excluding hydrogens is 314 g/mol. The van der Waals surface area contributed by atoms with Crippen molar-refractivity contribution in [2.75, 3.05) is 30.4 Å². The summed E-state index contributed by atoms with van der Waals surface area (Å²) >= 11 is 0. The maximum Gasteiger partial charge on any atom is 0.257 e. The van der Waals surface area contributed by atoms with Gasteiger partial charge in [-0.25, -0.2) is 4.98 Å². The second-order valence-corrected chi connectivity index (χ2v) is 6.71. The van der Waals surface area contributed by atoms with Gasteiger partial charge >= 0.3 is 0 Å². The standard InChI is InChI=1S/C20H25N3O2/c1-14-4-7-17(8-5-14)22-20(24)16-6-9-19(21-12-16)23-11-10-15(2)18(13-23)25-3/h4-9,12,15,18H,10-11,13H2,1-3H3,(H,22,24). The van der Waals surface area contributed by atoms with Gasteiger partial charge in [0, 0.05) is 32.1 Å². The van der Waals surface area contributed by atoms with Crippen LogP contribution in [-0.4, -0.2) is 37.2 Å². The lowest BCUT2D eigenvalue weighted by Crippen LogP contribution is -2.44. The normalized spacial score (nSPS) is 20.4. The van der Waals surface area contributed by atoms with Gasteiger partial charge in [0.2, 0.25) is 0 Å². The van der Waals surface area contributed by atoms with Crippen LogP contribution in [0.1, 0.15) is 29.3 Å². The summed E-state index contributed by atoms with van der Waals surface area (Å²) < 4.78 is 5.56. The number of piperidine rings is 1. The van der Waals surface area contributed by atoms with E-state index in [1.165, 1.54) is 0 Å². The first-order valence-electron chi connectivity index (χ1n) is 8.68. The minimum Gasteiger partial charge on any atom is -0.379 e. The van der Waals surface area contributed by atoms with Crippen molar-refractivity contribution in [2.45, 2.75) is 26.4 Å². The van der Waals surface area contributed by atoms with Gasteiger partial charge in [0.1, 0.15) is 5.82 Å². The summed E-state index contributed by atoms with van der Waals surface area (Å²) in [5.74, 6) is 1.30. The topological polar surface area (TPSA) is 54.5 Å². The molecule has 0 bridgehead atoms. The van der Waals surface area contributed by atoms with Crippen LogP contribution >= 0.6 is 0 Å². The summed E-state index contributed by atoms with van der Waals surface area (Å²) in [5.41, 5.74) is 2.50. The molecule has 5 nitrogen and oxygen atoms in total. The minimum atomic E-state index is -0.148. The van der Waals surface area contributed by atoms with Crippen molar-refractivity contribution in [1.29, 1.82) is 0 Å². The maximum absolute atomic E-state index is 12.3. The Hall–Kier alpha value is -2.40. The van der Waals surface area contributed by atoms with Crippen molar-refractivity contribution in [3.05, 3.63) is 53.7 Å². The van der Waals surface area contributed by atoms with Gasteiger partial charge in [-0.05, 0) is 43.5 Å². The number of methoxy groups -OCH3 is 1. The van der Waals surface area contributed by atoms with E-state index >= 15 is 0 Å². The van der Waals surface area contributed by atoms with Crippen LogP contribution in [0.2, 0.25) is 0 Å². The number of nitrogens with one attached hydrogen (secondary N) is 1. The number of carbonyl (C=O) groups excluding carboxylic acids is 1. The van der Waals surface area contributed by atoms with E-state index in [0.717, 1.165) is 36.6 Å². The third kappa shape index (κ3) is 4.17. The van der Waals surface area contributed by atoms with Crippen molar-refractivity contribution in [1.82, 2.24) is 4.98 Å². The first kappa shape index (κ1) is 17.4. The summed E-state index contributed by atoms with van der Waals surface area (Å²) in [6.45, 7) is 6.03. The Morgan fingerprint density at radius 2 is 2.00 bits per heavy atom. The largest absolute Gasteiger partial charge is 0.379 e. The van der Waals surface area contributed by atoms with Gasteiger partial charge in [0.05, 0.1) is 11.7 Å². The number of benzene rings is 1. The van der Waals surface area contributed by atoms with Gasteiger partial charge in [-0.2, -0.15) is 0 Å². The lowest BCUT2D eigenvalue weighted by molar-refractivity contribution is 0.0496. The second kappa shape index (κ2) is 7.66. The lowest BCUT2D eigenvalue weighted by atomic mass is 9.96. The van der Waals surface area contributed by atoms with E-state index in [0.29, 0.717) is 11.5 Å².